The number of allylic oxidation sites excluding steroid dienone is 4. The highest BCUT2D eigenvalue weighted by Gasteiger charge is 2.62. The highest BCUT2D eigenvalue weighted by Crippen LogP contribution is 2.66. The van der Waals surface area contributed by atoms with Gasteiger partial charge in [-0.05, 0) is 92.9 Å². The van der Waals surface area contributed by atoms with E-state index < -0.39 is 75.0 Å². The number of ketones is 2. The first-order chi connectivity index (χ1) is 26.9. The van der Waals surface area contributed by atoms with Gasteiger partial charge in [0.25, 0.3) is 10.2 Å². The fourth-order valence-electron chi connectivity index (χ4n) is 8.95. The minimum atomic E-state index is -1.34. The van der Waals surface area contributed by atoms with E-state index in [1.54, 1.807) is 12.2 Å². The fourth-order valence-corrected chi connectivity index (χ4v) is 8.95. The van der Waals surface area contributed by atoms with Crippen molar-refractivity contribution in [2.75, 3.05) is 26.4 Å². The molecule has 7 atom stereocenters. The normalized spacial score (nSPS) is 26.8. The zero-order valence-electron chi connectivity index (χ0n) is 31.4. The van der Waals surface area contributed by atoms with Gasteiger partial charge in [0.2, 0.25) is 5.75 Å². The number of carbonyl (C=O) groups is 5. The van der Waals surface area contributed by atoms with Crippen LogP contribution in [-0.2, 0) is 33.5 Å². The number of hydrogen-bond acceptors (Lipinski definition) is 17. The zero-order chi connectivity index (χ0) is 42.1. The van der Waals surface area contributed by atoms with Crippen LogP contribution < -0.4 is 4.74 Å². The Morgan fingerprint density at radius 2 is 1.60 bits per heavy atom. The lowest BCUT2D eigenvalue weighted by Crippen LogP contribution is -2.56. The van der Waals surface area contributed by atoms with Gasteiger partial charge in [-0.25, -0.2) is 9.59 Å². The van der Waals surface area contributed by atoms with Crippen LogP contribution in [0.2, 0.25) is 0 Å². The van der Waals surface area contributed by atoms with Crippen molar-refractivity contribution in [3.8, 4) is 17.2 Å². The number of fused-ring (bicyclic) bond motifs is 5. The van der Waals surface area contributed by atoms with E-state index in [4.69, 9.17) is 19.3 Å². The number of aromatic hydroxyl groups is 2. The molecule has 0 spiro atoms. The maximum atomic E-state index is 13.5. The van der Waals surface area contributed by atoms with Gasteiger partial charge in [0, 0.05) is 23.7 Å². The van der Waals surface area contributed by atoms with Crippen molar-refractivity contribution < 1.29 is 78.5 Å². The molecule has 0 aromatic heterocycles. The molecular weight excluding hydrogens is 760 g/mol. The molecule has 57 heavy (non-hydrogen) atoms. The average molecular weight is 807 g/mol. The Labute approximate surface area is 325 Å². The number of unbranched alkanes of at least 4 members (excludes halogenated alkanes) is 1. The Bertz CT molecular complexity index is 1780. The molecule has 0 aliphatic heterocycles. The van der Waals surface area contributed by atoms with Gasteiger partial charge in [-0.15, -0.1) is 20.2 Å². The number of phenols is 2. The largest absolute Gasteiger partial charge is 0.514 e. The van der Waals surface area contributed by atoms with Crippen molar-refractivity contribution >= 4 is 29.7 Å². The zero-order valence-corrected chi connectivity index (χ0v) is 31.4. The van der Waals surface area contributed by atoms with Crippen LogP contribution in [-0.4, -0.2) is 92.8 Å². The highest BCUT2D eigenvalue weighted by molar-refractivity contribution is 6.01. The number of Topliss-reactive ketones (excluding diaryl/α,β-unsaturated/α-hetero) is 1. The number of carbonyl (C=O) groups excluding carboxylic acids is 4. The Balaban J connectivity index is 0.000000635. The van der Waals surface area contributed by atoms with Gasteiger partial charge in [0.15, 0.2) is 29.7 Å². The van der Waals surface area contributed by atoms with Gasteiger partial charge in [0.05, 0.1) is 31.5 Å². The van der Waals surface area contributed by atoms with Gasteiger partial charge in [-0.2, -0.15) is 0 Å². The Morgan fingerprint density at radius 3 is 2.26 bits per heavy atom. The van der Waals surface area contributed by atoms with E-state index in [2.05, 4.69) is 16.6 Å². The monoisotopic (exact) mass is 806 g/mol. The first-order valence-electron chi connectivity index (χ1n) is 18.4. The number of carboxylic acid groups (broad SMARTS) is 1. The summed E-state index contributed by atoms with van der Waals surface area (Å²) in [6.45, 7) is 3.05. The standard InChI is InChI=1S/C33H39NO13.C4H7NO5/c1-32-10-9-20(35)15-19(32)5-6-21-22-7-8-23(33(22,2)16-25(37)28(21)32)26(38)17-45-31(41)47-27-14-18(13-24(36)29(27)39)30(40)44-11-3-4-12-46-34(42)43;6-4(7)2-1-3-10-5(8)9/h9-10,13-15,21-23,25,28,36-37,39H,3-8,11-12,16-17H2,1-2H3;1-3H2,(H,6,7). The van der Waals surface area contributed by atoms with Crippen LogP contribution in [0, 0.1) is 54.7 Å². The predicted octanol–water partition coefficient (Wildman–Crippen LogP) is 4.28. The Hall–Kier alpha value is -5.79. The number of carboxylic acids is 1. The first kappa shape index (κ1) is 43.9. The topological polar surface area (TPSA) is 299 Å². The van der Waals surface area contributed by atoms with Crippen molar-refractivity contribution in [1.29, 1.82) is 0 Å². The third kappa shape index (κ3) is 10.7. The molecular formula is C37H46N2O18. The number of rotatable bonds is 16. The van der Waals surface area contributed by atoms with Crippen LogP contribution in [0.4, 0.5) is 4.79 Å². The maximum Gasteiger partial charge on any atom is 0.514 e. The highest BCUT2D eigenvalue weighted by atomic mass is 17.0. The predicted molar refractivity (Wildman–Crippen MR) is 191 cm³/mol. The molecule has 3 fully saturated rings. The van der Waals surface area contributed by atoms with Crippen LogP contribution in [0.15, 0.2) is 35.9 Å². The number of esters is 1. The van der Waals surface area contributed by atoms with Crippen molar-refractivity contribution in [2.45, 2.75) is 77.7 Å². The summed E-state index contributed by atoms with van der Waals surface area (Å²) in [5.41, 5.74) is -0.147. The number of aliphatic carboxylic acids is 1. The number of phenolic OH excluding ortho intramolecular Hbond substituents is 2. The van der Waals surface area contributed by atoms with E-state index >= 15 is 0 Å². The van der Waals surface area contributed by atoms with Gasteiger partial charge in [-0.3, -0.25) is 14.4 Å². The van der Waals surface area contributed by atoms with E-state index in [-0.39, 0.29) is 80.4 Å². The SMILES string of the molecule is CC12C=CC(=O)C=C1CCC1C2C(O)CC2(C)C(C(=O)COC(=O)Oc3cc(C(=O)OCCCCO[N+](=O)[O-])cc(O)c3O)CCC12.O=C(O)CCCO[N+](=O)[O-]. The van der Waals surface area contributed by atoms with Gasteiger partial charge >= 0.3 is 18.1 Å². The number of benzene rings is 1. The lowest BCUT2D eigenvalue weighted by atomic mass is 9.46. The summed E-state index contributed by atoms with van der Waals surface area (Å²) in [7, 11) is 0. The van der Waals surface area contributed by atoms with Gasteiger partial charge in [-0.1, -0.05) is 25.5 Å². The van der Waals surface area contributed by atoms with Crippen LogP contribution in [0.5, 0.6) is 17.2 Å². The number of aliphatic hydroxyl groups excluding tert-OH is 1. The second kappa shape index (κ2) is 18.9. The van der Waals surface area contributed by atoms with Crippen LogP contribution in [0.3, 0.4) is 0 Å². The van der Waals surface area contributed by atoms with E-state index in [1.807, 2.05) is 13.0 Å². The fraction of sp³-hybridized carbons (Fsp3) is 0.595. The molecule has 0 saturated heterocycles. The van der Waals surface area contributed by atoms with E-state index in [0.717, 1.165) is 37.0 Å². The van der Waals surface area contributed by atoms with E-state index in [9.17, 15) is 59.5 Å². The van der Waals surface area contributed by atoms with Crippen molar-refractivity contribution in [2.24, 2.45) is 34.5 Å². The summed E-state index contributed by atoms with van der Waals surface area (Å²) < 4.78 is 15.2. The lowest BCUT2D eigenvalue weighted by Gasteiger charge is -2.58. The maximum absolute atomic E-state index is 13.5. The minimum Gasteiger partial charge on any atom is -0.504 e. The second-order valence-corrected chi connectivity index (χ2v) is 14.8. The Morgan fingerprint density at radius 1 is 0.930 bits per heavy atom. The molecule has 0 amide bonds. The molecule has 20 nitrogen and oxygen atoms in total. The van der Waals surface area contributed by atoms with Crippen LogP contribution in [0.1, 0.15) is 82.0 Å². The minimum absolute atomic E-state index is 0.0364. The van der Waals surface area contributed by atoms with Gasteiger partial charge < -0.3 is 44.3 Å². The molecule has 4 aliphatic carbocycles. The molecule has 0 heterocycles. The molecule has 1 aromatic rings. The molecule has 0 radical (unpaired) electrons. The molecule has 4 aliphatic rings. The first-order valence-corrected chi connectivity index (χ1v) is 18.4. The third-order valence-corrected chi connectivity index (χ3v) is 11.4. The molecule has 7 unspecified atom stereocenters. The number of ether oxygens (including phenoxy) is 3. The number of hydrogen-bond donors (Lipinski definition) is 4. The summed E-state index contributed by atoms with van der Waals surface area (Å²) in [6, 6.07) is 1.87. The molecule has 312 valence electrons. The van der Waals surface area contributed by atoms with Crippen molar-refractivity contribution in [3.63, 3.8) is 0 Å². The smallest absolute Gasteiger partial charge is 0.504 e. The summed E-state index contributed by atoms with van der Waals surface area (Å²) in [5.74, 6) is -4.68. The Kier molecular flexibility index (Phi) is 14.6. The molecule has 4 N–H and O–H groups in total. The average Bonchev–Trinajstić information content (AvgIpc) is 3.48. The van der Waals surface area contributed by atoms with Crippen molar-refractivity contribution in [1.82, 2.24) is 0 Å². The van der Waals surface area contributed by atoms with Crippen molar-refractivity contribution in [3.05, 3.63) is 61.7 Å². The summed E-state index contributed by atoms with van der Waals surface area (Å²) >= 11 is 0. The summed E-state index contributed by atoms with van der Waals surface area (Å²) in [5, 5.41) is 57.6. The molecule has 5 rings (SSSR count). The summed E-state index contributed by atoms with van der Waals surface area (Å²) in [6.07, 6.45) is 7.06. The second-order valence-electron chi connectivity index (χ2n) is 14.8. The molecule has 0 bridgehead atoms. The number of nitrogens with zero attached hydrogens (tertiary/aromatic N) is 2. The quantitative estimate of drug-likeness (QED) is 0.0452. The van der Waals surface area contributed by atoms with E-state index in [0.29, 0.717) is 12.8 Å². The summed E-state index contributed by atoms with van der Waals surface area (Å²) in [4.78, 5) is 87.9. The van der Waals surface area contributed by atoms with Gasteiger partial charge in [0.1, 0.15) is 0 Å². The molecule has 3 saturated carbocycles. The number of aliphatic hydroxyl groups is 1. The van der Waals surface area contributed by atoms with Crippen LogP contribution >= 0.6 is 0 Å². The van der Waals surface area contributed by atoms with Crippen LogP contribution in [0.25, 0.3) is 0 Å². The molecule has 20 heteroatoms. The van der Waals surface area contributed by atoms with E-state index in [1.165, 1.54) is 0 Å². The third-order valence-electron chi connectivity index (χ3n) is 11.4. The lowest BCUT2D eigenvalue weighted by molar-refractivity contribution is -0.757. The molecule has 1 aromatic carbocycles.